The van der Waals surface area contributed by atoms with Gasteiger partial charge in [0.25, 0.3) is 0 Å². The van der Waals surface area contributed by atoms with Crippen molar-refractivity contribution in [2.24, 2.45) is 17.3 Å². The molecule has 3 aliphatic rings. The molecule has 0 radical (unpaired) electrons. The molecule has 0 bridgehead atoms. The van der Waals surface area contributed by atoms with Crippen molar-refractivity contribution in [1.82, 2.24) is 0 Å². The van der Waals surface area contributed by atoms with E-state index in [9.17, 15) is 0 Å². The monoisotopic (exact) mass is 254 g/mol. The molecular weight excluding hydrogens is 232 g/mol. The number of ether oxygens (including phenoxy) is 2. The lowest BCUT2D eigenvalue weighted by Gasteiger charge is -2.53. The summed E-state index contributed by atoms with van der Waals surface area (Å²) in [5.41, 5.74) is 0.0654. The molecular formula is C14H22O2S. The van der Waals surface area contributed by atoms with Crippen molar-refractivity contribution in [3.63, 3.8) is 0 Å². The molecule has 3 heteroatoms. The molecule has 0 N–H and O–H groups in total. The van der Waals surface area contributed by atoms with E-state index >= 15 is 0 Å². The summed E-state index contributed by atoms with van der Waals surface area (Å²) in [4.78, 5) is 0. The Morgan fingerprint density at radius 1 is 1.24 bits per heavy atom. The minimum absolute atomic E-state index is 0.0654. The Balaban J connectivity index is 2.03. The maximum atomic E-state index is 6.07. The van der Waals surface area contributed by atoms with Crippen LogP contribution in [0.1, 0.15) is 32.6 Å². The van der Waals surface area contributed by atoms with E-state index in [4.69, 9.17) is 22.1 Å². The van der Waals surface area contributed by atoms with Crippen LogP contribution in [0, 0.1) is 17.3 Å². The van der Waals surface area contributed by atoms with Crippen LogP contribution in [0.15, 0.2) is 12.7 Å². The van der Waals surface area contributed by atoms with Gasteiger partial charge in [0.1, 0.15) is 0 Å². The molecule has 96 valence electrons. The van der Waals surface area contributed by atoms with Gasteiger partial charge in [-0.2, -0.15) is 12.6 Å². The van der Waals surface area contributed by atoms with Gasteiger partial charge in [0.05, 0.1) is 13.2 Å². The molecule has 0 aromatic carbocycles. The first-order valence-corrected chi connectivity index (χ1v) is 7.24. The van der Waals surface area contributed by atoms with Gasteiger partial charge in [-0.1, -0.05) is 13.0 Å². The predicted octanol–water partition coefficient (Wildman–Crippen LogP) is 3.04. The predicted molar refractivity (Wildman–Crippen MR) is 71.2 cm³/mol. The fourth-order valence-electron chi connectivity index (χ4n) is 4.47. The van der Waals surface area contributed by atoms with E-state index in [0.29, 0.717) is 17.1 Å². The Bertz CT molecular complexity index is 324. The summed E-state index contributed by atoms with van der Waals surface area (Å²) in [5, 5.41) is 0.489. The Morgan fingerprint density at radius 2 is 1.94 bits per heavy atom. The van der Waals surface area contributed by atoms with Crippen molar-refractivity contribution in [3.8, 4) is 0 Å². The van der Waals surface area contributed by atoms with Gasteiger partial charge in [0.2, 0.25) is 0 Å². The van der Waals surface area contributed by atoms with E-state index in [1.165, 1.54) is 12.8 Å². The van der Waals surface area contributed by atoms with Gasteiger partial charge in [-0.15, -0.1) is 6.58 Å². The van der Waals surface area contributed by atoms with E-state index in [0.717, 1.165) is 26.1 Å². The van der Waals surface area contributed by atoms with Gasteiger partial charge in [0.15, 0.2) is 5.79 Å². The minimum atomic E-state index is -0.355. The van der Waals surface area contributed by atoms with E-state index in [-0.39, 0.29) is 11.2 Å². The topological polar surface area (TPSA) is 18.5 Å². The van der Waals surface area contributed by atoms with Gasteiger partial charge < -0.3 is 9.47 Å². The molecule has 3 rings (SSSR count). The highest BCUT2D eigenvalue weighted by molar-refractivity contribution is 7.81. The summed E-state index contributed by atoms with van der Waals surface area (Å²) in [6.07, 6.45) is 6.64. The van der Waals surface area contributed by atoms with Crippen molar-refractivity contribution in [2.45, 2.75) is 43.6 Å². The van der Waals surface area contributed by atoms with E-state index < -0.39 is 0 Å². The number of allylic oxidation sites excluding steroid dienone is 1. The fraction of sp³-hybridized carbons (Fsp3) is 0.857. The van der Waals surface area contributed by atoms with E-state index in [1.807, 2.05) is 0 Å². The zero-order valence-electron chi connectivity index (χ0n) is 10.5. The summed E-state index contributed by atoms with van der Waals surface area (Å²) in [7, 11) is 0. The molecule has 2 saturated carbocycles. The molecule has 0 aromatic heterocycles. The van der Waals surface area contributed by atoms with Crippen molar-refractivity contribution in [2.75, 3.05) is 13.2 Å². The Labute approximate surface area is 109 Å². The standard InChI is InChI=1S/C14H22O2S/c1-3-10-4-5-11-12(17)6-7-14(13(10,11)2)15-8-9-16-14/h3,10-12,17H,1,4-9H2,2H3/t10-,11-,12+,13+/m0/s1. The normalized spacial score (nSPS) is 48.2. The highest BCUT2D eigenvalue weighted by Crippen LogP contribution is 2.63. The molecule has 2 nitrogen and oxygen atoms in total. The maximum Gasteiger partial charge on any atom is 0.174 e. The van der Waals surface area contributed by atoms with Crippen LogP contribution < -0.4 is 0 Å². The van der Waals surface area contributed by atoms with Crippen LogP contribution in [0.25, 0.3) is 0 Å². The summed E-state index contributed by atoms with van der Waals surface area (Å²) >= 11 is 4.80. The van der Waals surface area contributed by atoms with Gasteiger partial charge >= 0.3 is 0 Å². The third-order valence-electron chi connectivity index (χ3n) is 5.42. The maximum absolute atomic E-state index is 6.07. The van der Waals surface area contributed by atoms with Crippen molar-refractivity contribution >= 4 is 12.6 Å². The van der Waals surface area contributed by atoms with Gasteiger partial charge in [-0.05, 0) is 31.1 Å². The Morgan fingerprint density at radius 3 is 2.59 bits per heavy atom. The highest BCUT2D eigenvalue weighted by atomic mass is 32.1. The number of hydrogen-bond donors (Lipinski definition) is 1. The van der Waals surface area contributed by atoms with Crippen LogP contribution in [0.5, 0.6) is 0 Å². The molecule has 1 heterocycles. The summed E-state index contributed by atoms with van der Waals surface area (Å²) in [6.45, 7) is 7.84. The van der Waals surface area contributed by atoms with Crippen molar-refractivity contribution in [1.29, 1.82) is 0 Å². The molecule has 4 atom stereocenters. The number of hydrogen-bond acceptors (Lipinski definition) is 3. The van der Waals surface area contributed by atoms with Crippen LogP contribution in [-0.2, 0) is 9.47 Å². The second-order valence-corrected chi connectivity index (χ2v) is 6.53. The summed E-state index contributed by atoms with van der Waals surface area (Å²) < 4.78 is 12.1. The summed E-state index contributed by atoms with van der Waals surface area (Å²) in [5.74, 6) is 0.743. The molecule has 1 spiro atoms. The zero-order chi connectivity index (χ0) is 12.1. The third kappa shape index (κ3) is 1.42. The minimum Gasteiger partial charge on any atom is -0.347 e. The van der Waals surface area contributed by atoms with Crippen molar-refractivity contribution < 1.29 is 9.47 Å². The molecule has 3 fully saturated rings. The van der Waals surface area contributed by atoms with E-state index in [1.54, 1.807) is 0 Å². The van der Waals surface area contributed by atoms with Crippen LogP contribution in [0.3, 0.4) is 0 Å². The molecule has 2 aliphatic carbocycles. The first-order chi connectivity index (χ1) is 8.14. The molecule has 17 heavy (non-hydrogen) atoms. The second-order valence-electron chi connectivity index (χ2n) is 5.86. The average molecular weight is 254 g/mol. The van der Waals surface area contributed by atoms with Crippen LogP contribution in [0.2, 0.25) is 0 Å². The highest BCUT2D eigenvalue weighted by Gasteiger charge is 2.65. The largest absolute Gasteiger partial charge is 0.347 e. The number of thiol groups is 1. The van der Waals surface area contributed by atoms with Crippen LogP contribution in [0.4, 0.5) is 0 Å². The lowest BCUT2D eigenvalue weighted by atomic mass is 9.61. The van der Waals surface area contributed by atoms with Crippen LogP contribution in [-0.4, -0.2) is 24.3 Å². The van der Waals surface area contributed by atoms with Gasteiger partial charge in [-0.25, -0.2) is 0 Å². The molecule has 1 saturated heterocycles. The Kier molecular flexibility index (Phi) is 2.84. The van der Waals surface area contributed by atoms with Gasteiger partial charge in [-0.3, -0.25) is 0 Å². The molecule has 1 aliphatic heterocycles. The zero-order valence-corrected chi connectivity index (χ0v) is 11.4. The smallest absolute Gasteiger partial charge is 0.174 e. The van der Waals surface area contributed by atoms with Crippen molar-refractivity contribution in [3.05, 3.63) is 12.7 Å². The van der Waals surface area contributed by atoms with Gasteiger partial charge in [0, 0.05) is 17.1 Å². The lowest BCUT2D eigenvalue weighted by molar-refractivity contribution is -0.268. The third-order valence-corrected chi connectivity index (χ3v) is 6.04. The summed E-state index contributed by atoms with van der Waals surface area (Å²) in [6, 6.07) is 0. The Hall–Kier alpha value is 0.01000. The number of rotatable bonds is 1. The SMILES string of the molecule is C=C[C@H]1CC[C@H]2[C@H](S)CCC3(OCCO3)[C@]12C. The second kappa shape index (κ2) is 4.01. The first-order valence-electron chi connectivity index (χ1n) is 6.72. The van der Waals surface area contributed by atoms with E-state index in [2.05, 4.69) is 19.6 Å². The molecule has 0 amide bonds. The quantitative estimate of drug-likeness (QED) is 0.573. The number of fused-ring (bicyclic) bond motifs is 2. The lowest BCUT2D eigenvalue weighted by Crippen LogP contribution is -2.57. The average Bonchev–Trinajstić information content (AvgIpc) is 2.91. The molecule has 0 unspecified atom stereocenters. The first kappa shape index (κ1) is 12.1. The molecule has 0 aromatic rings. The van der Waals surface area contributed by atoms with Crippen LogP contribution >= 0.6 is 12.6 Å². The fourth-order valence-corrected chi connectivity index (χ4v) is 5.06.